The Kier molecular flexibility index (Phi) is 7.15. The summed E-state index contributed by atoms with van der Waals surface area (Å²) >= 11 is 0. The van der Waals surface area contributed by atoms with Crippen molar-refractivity contribution < 1.29 is 9.90 Å². The zero-order valence-corrected chi connectivity index (χ0v) is 25.9. The second kappa shape index (κ2) is 11.8. The molecule has 0 bridgehead atoms. The van der Waals surface area contributed by atoms with Gasteiger partial charge in [0.1, 0.15) is 0 Å². The van der Waals surface area contributed by atoms with E-state index >= 15 is 0 Å². The number of carbonyl (C=O) groups is 1. The molecular weight excluding hydrogens is 574 g/mol. The SMILES string of the molecule is O=C(O)c1cccc(N(c2ccc3c(c2)C(Cc2ccccc2)(Cc2ccccc2)c2ccccc2-3)c2cccc3ccccc23)c1. The zero-order chi connectivity index (χ0) is 31.8. The molecule has 0 saturated carbocycles. The molecular formula is C44H33NO2. The maximum Gasteiger partial charge on any atom is 0.335 e. The highest BCUT2D eigenvalue weighted by molar-refractivity contribution is 6.00. The Balaban J connectivity index is 1.39. The van der Waals surface area contributed by atoms with Crippen molar-refractivity contribution in [2.24, 2.45) is 0 Å². The van der Waals surface area contributed by atoms with Crippen LogP contribution < -0.4 is 4.90 Å². The van der Waals surface area contributed by atoms with E-state index in [2.05, 4.69) is 150 Å². The van der Waals surface area contributed by atoms with Gasteiger partial charge in [0.05, 0.1) is 11.3 Å². The average molecular weight is 608 g/mol. The maximum atomic E-state index is 12.2. The Bertz CT molecular complexity index is 2190. The average Bonchev–Trinajstić information content (AvgIpc) is 3.38. The van der Waals surface area contributed by atoms with E-state index in [-0.39, 0.29) is 11.0 Å². The monoisotopic (exact) mass is 607 g/mol. The van der Waals surface area contributed by atoms with Crippen molar-refractivity contribution in [1.29, 1.82) is 0 Å². The maximum absolute atomic E-state index is 12.2. The van der Waals surface area contributed by atoms with Crippen molar-refractivity contribution in [2.75, 3.05) is 4.90 Å². The van der Waals surface area contributed by atoms with Crippen molar-refractivity contribution in [3.05, 3.63) is 198 Å². The fraction of sp³-hybridized carbons (Fsp3) is 0.0682. The van der Waals surface area contributed by atoms with E-state index < -0.39 is 5.97 Å². The summed E-state index contributed by atoms with van der Waals surface area (Å²) < 4.78 is 0. The molecule has 47 heavy (non-hydrogen) atoms. The molecule has 8 rings (SSSR count). The van der Waals surface area contributed by atoms with Crippen LogP contribution in [0.3, 0.4) is 0 Å². The Labute approximate surface area is 275 Å². The first kappa shape index (κ1) is 28.5. The number of hydrogen-bond donors (Lipinski definition) is 1. The predicted molar refractivity (Wildman–Crippen MR) is 192 cm³/mol. The second-order valence-electron chi connectivity index (χ2n) is 12.4. The molecule has 0 heterocycles. The highest BCUT2D eigenvalue weighted by atomic mass is 16.4. The molecule has 1 aliphatic carbocycles. The van der Waals surface area contributed by atoms with E-state index in [4.69, 9.17) is 0 Å². The lowest BCUT2D eigenvalue weighted by molar-refractivity contribution is 0.0697. The first-order valence-electron chi connectivity index (χ1n) is 16.0. The fourth-order valence-corrected chi connectivity index (χ4v) is 7.52. The first-order chi connectivity index (χ1) is 23.1. The van der Waals surface area contributed by atoms with Crippen LogP contribution in [0, 0.1) is 0 Å². The molecule has 1 N–H and O–H groups in total. The van der Waals surface area contributed by atoms with E-state index in [0.717, 1.165) is 40.7 Å². The summed E-state index contributed by atoms with van der Waals surface area (Å²) in [6.07, 6.45) is 1.69. The summed E-state index contributed by atoms with van der Waals surface area (Å²) in [6, 6.07) is 59.2. The number of aromatic carboxylic acids is 1. The highest BCUT2D eigenvalue weighted by Gasteiger charge is 2.43. The van der Waals surface area contributed by atoms with E-state index in [1.54, 1.807) is 12.1 Å². The molecule has 0 atom stereocenters. The van der Waals surface area contributed by atoms with Crippen LogP contribution in [0.25, 0.3) is 21.9 Å². The van der Waals surface area contributed by atoms with Gasteiger partial charge in [0.25, 0.3) is 0 Å². The van der Waals surface area contributed by atoms with Crippen LogP contribution in [0.2, 0.25) is 0 Å². The number of carboxylic acid groups (broad SMARTS) is 1. The Morgan fingerprint density at radius 2 is 1.13 bits per heavy atom. The molecule has 0 spiro atoms. The number of nitrogens with zero attached hydrogens (tertiary/aromatic N) is 1. The summed E-state index contributed by atoms with van der Waals surface area (Å²) in [6.45, 7) is 0. The van der Waals surface area contributed by atoms with E-state index in [1.165, 1.54) is 33.4 Å². The van der Waals surface area contributed by atoms with Gasteiger partial charge in [-0.3, -0.25) is 0 Å². The molecule has 0 amide bonds. The van der Waals surface area contributed by atoms with Gasteiger partial charge in [-0.2, -0.15) is 0 Å². The Morgan fingerprint density at radius 1 is 0.532 bits per heavy atom. The molecule has 7 aromatic rings. The molecule has 0 saturated heterocycles. The van der Waals surface area contributed by atoms with Crippen LogP contribution in [0.15, 0.2) is 170 Å². The number of anilines is 3. The number of rotatable bonds is 8. The van der Waals surface area contributed by atoms with E-state index in [0.29, 0.717) is 0 Å². The van der Waals surface area contributed by atoms with Gasteiger partial charge in [-0.1, -0.05) is 133 Å². The van der Waals surface area contributed by atoms with Gasteiger partial charge < -0.3 is 10.0 Å². The minimum absolute atomic E-state index is 0.254. The lowest BCUT2D eigenvalue weighted by Gasteiger charge is -2.34. The molecule has 3 nitrogen and oxygen atoms in total. The quantitative estimate of drug-likeness (QED) is 0.187. The molecule has 0 unspecified atom stereocenters. The molecule has 0 aromatic heterocycles. The number of fused-ring (bicyclic) bond motifs is 4. The van der Waals surface area contributed by atoms with Crippen LogP contribution in [0.5, 0.6) is 0 Å². The van der Waals surface area contributed by atoms with Crippen molar-refractivity contribution in [1.82, 2.24) is 0 Å². The zero-order valence-electron chi connectivity index (χ0n) is 25.9. The van der Waals surface area contributed by atoms with Crippen molar-refractivity contribution in [3.8, 4) is 11.1 Å². The third-order valence-corrected chi connectivity index (χ3v) is 9.57. The van der Waals surface area contributed by atoms with Crippen LogP contribution >= 0.6 is 0 Å². The van der Waals surface area contributed by atoms with Gasteiger partial charge in [-0.05, 0) is 88.0 Å². The largest absolute Gasteiger partial charge is 0.478 e. The molecule has 0 aliphatic heterocycles. The number of benzene rings is 7. The summed E-state index contributed by atoms with van der Waals surface area (Å²) in [5.74, 6) is -0.945. The van der Waals surface area contributed by atoms with Gasteiger partial charge in [0, 0.05) is 22.2 Å². The lowest BCUT2D eigenvalue weighted by Crippen LogP contribution is -2.31. The number of carboxylic acids is 1. The molecule has 0 fully saturated rings. The molecule has 0 radical (unpaired) electrons. The first-order valence-corrected chi connectivity index (χ1v) is 16.0. The minimum Gasteiger partial charge on any atom is -0.478 e. The van der Waals surface area contributed by atoms with Crippen molar-refractivity contribution >= 4 is 33.8 Å². The Morgan fingerprint density at radius 3 is 1.87 bits per heavy atom. The van der Waals surface area contributed by atoms with Crippen molar-refractivity contribution in [3.63, 3.8) is 0 Å². The van der Waals surface area contributed by atoms with E-state index in [1.807, 2.05) is 12.1 Å². The highest BCUT2D eigenvalue weighted by Crippen LogP contribution is 2.54. The number of hydrogen-bond acceptors (Lipinski definition) is 2. The van der Waals surface area contributed by atoms with Gasteiger partial charge in [0.15, 0.2) is 0 Å². The topological polar surface area (TPSA) is 40.5 Å². The molecule has 3 heteroatoms. The summed E-state index contributed by atoms with van der Waals surface area (Å²) in [4.78, 5) is 14.4. The molecule has 7 aromatic carbocycles. The summed E-state index contributed by atoms with van der Waals surface area (Å²) in [7, 11) is 0. The molecule has 1 aliphatic rings. The third kappa shape index (κ3) is 5.07. The van der Waals surface area contributed by atoms with Crippen LogP contribution in [-0.2, 0) is 18.3 Å². The van der Waals surface area contributed by atoms with Crippen LogP contribution in [-0.4, -0.2) is 11.1 Å². The van der Waals surface area contributed by atoms with Gasteiger partial charge in [0.2, 0.25) is 0 Å². The molecule has 226 valence electrons. The summed E-state index contributed by atoms with van der Waals surface area (Å²) in [5.41, 5.74) is 10.4. The van der Waals surface area contributed by atoms with Gasteiger partial charge in [-0.25, -0.2) is 4.79 Å². The second-order valence-corrected chi connectivity index (χ2v) is 12.4. The minimum atomic E-state index is -0.945. The standard InChI is InChI=1S/C44H33NO2/c46-43(47)34-19-11-20-35(27-34)45(42-24-12-18-33-17-7-8-21-37(33)42)36-25-26-39-38-22-9-10-23-40(38)44(41(39)28-36,29-31-13-3-1-4-14-31)30-32-15-5-2-6-16-32/h1-28H,29-30H2,(H,46,47). The van der Waals surface area contributed by atoms with Crippen LogP contribution in [0.4, 0.5) is 17.1 Å². The summed E-state index contributed by atoms with van der Waals surface area (Å²) in [5, 5.41) is 12.2. The fourth-order valence-electron chi connectivity index (χ4n) is 7.52. The Hall–Kier alpha value is -5.93. The van der Waals surface area contributed by atoms with Crippen molar-refractivity contribution in [2.45, 2.75) is 18.3 Å². The normalized spacial score (nSPS) is 12.8. The predicted octanol–water partition coefficient (Wildman–Crippen LogP) is 10.8. The van der Waals surface area contributed by atoms with Crippen LogP contribution in [0.1, 0.15) is 32.6 Å². The third-order valence-electron chi connectivity index (χ3n) is 9.57. The lowest BCUT2D eigenvalue weighted by atomic mass is 9.69. The van der Waals surface area contributed by atoms with E-state index in [9.17, 15) is 9.90 Å². The van der Waals surface area contributed by atoms with Gasteiger partial charge in [-0.15, -0.1) is 0 Å². The smallest absolute Gasteiger partial charge is 0.335 e. The van der Waals surface area contributed by atoms with Gasteiger partial charge >= 0.3 is 5.97 Å².